The largest absolute Gasteiger partial charge is 0.367 e. The van der Waals surface area contributed by atoms with Crippen molar-refractivity contribution in [3.63, 3.8) is 0 Å². The van der Waals surface area contributed by atoms with E-state index in [9.17, 15) is 9.18 Å². The first-order valence-corrected chi connectivity index (χ1v) is 9.02. The van der Waals surface area contributed by atoms with E-state index in [1.54, 1.807) is 18.2 Å². The molecular formula is C19H22ClFN4O. The van der Waals surface area contributed by atoms with E-state index in [0.29, 0.717) is 22.9 Å². The summed E-state index contributed by atoms with van der Waals surface area (Å²) < 4.78 is 13.9. The second-order valence-corrected chi connectivity index (χ2v) is 6.55. The summed E-state index contributed by atoms with van der Waals surface area (Å²) in [6.07, 6.45) is 0. The Morgan fingerprint density at radius 3 is 2.46 bits per heavy atom. The molecule has 0 radical (unpaired) electrons. The number of urea groups is 1. The lowest BCUT2D eigenvalue weighted by Gasteiger charge is -2.36. The minimum absolute atomic E-state index is 0.182. The van der Waals surface area contributed by atoms with Gasteiger partial charge in [-0.05, 0) is 24.3 Å². The summed E-state index contributed by atoms with van der Waals surface area (Å²) in [7, 11) is 0. The highest BCUT2D eigenvalue weighted by Gasteiger charge is 2.19. The third kappa shape index (κ3) is 4.86. The van der Waals surface area contributed by atoms with Crippen LogP contribution in [-0.4, -0.2) is 50.2 Å². The van der Waals surface area contributed by atoms with Crippen LogP contribution in [0.3, 0.4) is 0 Å². The van der Waals surface area contributed by atoms with Crippen molar-refractivity contribution in [1.29, 1.82) is 0 Å². The van der Waals surface area contributed by atoms with Crippen molar-refractivity contribution in [3.8, 4) is 0 Å². The Morgan fingerprint density at radius 2 is 1.73 bits per heavy atom. The number of halogens is 2. The zero-order chi connectivity index (χ0) is 18.4. The number of benzene rings is 2. The number of anilines is 2. The summed E-state index contributed by atoms with van der Waals surface area (Å²) >= 11 is 6.02. The molecular weight excluding hydrogens is 355 g/mol. The van der Waals surface area contributed by atoms with Gasteiger partial charge in [0.15, 0.2) is 0 Å². The van der Waals surface area contributed by atoms with Crippen molar-refractivity contribution >= 4 is 29.0 Å². The van der Waals surface area contributed by atoms with Crippen LogP contribution in [0.1, 0.15) is 0 Å². The van der Waals surface area contributed by atoms with Gasteiger partial charge in [-0.15, -0.1) is 0 Å². The van der Waals surface area contributed by atoms with Crippen LogP contribution in [0.25, 0.3) is 0 Å². The van der Waals surface area contributed by atoms with Gasteiger partial charge in [-0.3, -0.25) is 4.90 Å². The van der Waals surface area contributed by atoms with Crippen molar-refractivity contribution in [3.05, 3.63) is 59.4 Å². The molecule has 2 amide bonds. The highest BCUT2D eigenvalue weighted by atomic mass is 35.5. The fourth-order valence-electron chi connectivity index (χ4n) is 2.98. The molecule has 0 saturated carbocycles. The van der Waals surface area contributed by atoms with E-state index < -0.39 is 0 Å². The molecule has 138 valence electrons. The molecule has 0 aliphatic carbocycles. The Morgan fingerprint density at radius 1 is 1.04 bits per heavy atom. The van der Waals surface area contributed by atoms with E-state index in [1.807, 2.05) is 24.3 Å². The van der Waals surface area contributed by atoms with Crippen LogP contribution in [0.5, 0.6) is 0 Å². The van der Waals surface area contributed by atoms with Gasteiger partial charge in [-0.25, -0.2) is 9.18 Å². The van der Waals surface area contributed by atoms with Gasteiger partial charge in [0.25, 0.3) is 0 Å². The van der Waals surface area contributed by atoms with Gasteiger partial charge in [0, 0.05) is 39.3 Å². The van der Waals surface area contributed by atoms with E-state index >= 15 is 0 Å². The first-order chi connectivity index (χ1) is 12.6. The molecule has 2 aromatic carbocycles. The number of nitrogens with zero attached hydrogens (tertiary/aromatic N) is 2. The van der Waals surface area contributed by atoms with Gasteiger partial charge < -0.3 is 15.5 Å². The third-order valence-corrected chi connectivity index (χ3v) is 4.73. The average molecular weight is 377 g/mol. The number of para-hydroxylation sites is 2. The summed E-state index contributed by atoms with van der Waals surface area (Å²) in [5.74, 6) is -0.182. The maximum atomic E-state index is 13.9. The molecule has 26 heavy (non-hydrogen) atoms. The topological polar surface area (TPSA) is 47.6 Å². The first kappa shape index (κ1) is 18.5. The third-order valence-electron chi connectivity index (χ3n) is 4.40. The molecule has 5 nitrogen and oxygen atoms in total. The lowest BCUT2D eigenvalue weighted by atomic mass is 10.2. The maximum Gasteiger partial charge on any atom is 0.319 e. The van der Waals surface area contributed by atoms with E-state index in [1.165, 1.54) is 6.07 Å². The van der Waals surface area contributed by atoms with Crippen molar-refractivity contribution in [2.75, 3.05) is 49.5 Å². The molecule has 1 aliphatic rings. The van der Waals surface area contributed by atoms with Gasteiger partial charge in [-0.1, -0.05) is 35.9 Å². The molecule has 0 aromatic heterocycles. The number of hydrogen-bond donors (Lipinski definition) is 2. The van der Waals surface area contributed by atoms with E-state index in [0.717, 1.165) is 32.7 Å². The van der Waals surface area contributed by atoms with Gasteiger partial charge in [0.1, 0.15) is 5.82 Å². The maximum absolute atomic E-state index is 13.9. The predicted molar refractivity (Wildman–Crippen MR) is 104 cm³/mol. The van der Waals surface area contributed by atoms with Gasteiger partial charge in [-0.2, -0.15) is 0 Å². The average Bonchev–Trinajstić information content (AvgIpc) is 2.65. The van der Waals surface area contributed by atoms with E-state index in [-0.39, 0.29) is 11.8 Å². The standard InChI is InChI=1S/C19H22ClFN4O/c20-15-5-1-3-7-17(15)23-19(26)22-9-10-24-11-13-25(14-12-24)18-8-4-2-6-16(18)21/h1-8H,9-14H2,(H2,22,23,26). The van der Waals surface area contributed by atoms with Crippen LogP contribution in [0, 0.1) is 5.82 Å². The molecule has 2 aromatic rings. The zero-order valence-corrected chi connectivity index (χ0v) is 15.2. The number of carbonyl (C=O) groups excluding carboxylic acids is 1. The highest BCUT2D eigenvalue weighted by Crippen LogP contribution is 2.21. The Kier molecular flexibility index (Phi) is 6.30. The van der Waals surface area contributed by atoms with Crippen molar-refractivity contribution < 1.29 is 9.18 Å². The predicted octanol–water partition coefficient (Wildman–Crippen LogP) is 3.42. The lowest BCUT2D eigenvalue weighted by molar-refractivity contribution is 0.240. The van der Waals surface area contributed by atoms with E-state index in [2.05, 4.69) is 20.4 Å². The summed E-state index contributed by atoms with van der Waals surface area (Å²) in [4.78, 5) is 16.2. The van der Waals surface area contributed by atoms with Gasteiger partial charge in [0.05, 0.1) is 16.4 Å². The first-order valence-electron chi connectivity index (χ1n) is 8.65. The normalized spacial score (nSPS) is 14.9. The van der Waals surface area contributed by atoms with E-state index in [4.69, 9.17) is 11.6 Å². The molecule has 7 heteroatoms. The summed E-state index contributed by atoms with van der Waals surface area (Å²) in [5.41, 5.74) is 1.24. The molecule has 1 heterocycles. The number of piperazine rings is 1. The van der Waals surface area contributed by atoms with Crippen LogP contribution >= 0.6 is 11.6 Å². The lowest BCUT2D eigenvalue weighted by Crippen LogP contribution is -2.49. The molecule has 0 unspecified atom stereocenters. The van der Waals surface area contributed by atoms with Crippen LogP contribution in [0.4, 0.5) is 20.6 Å². The second-order valence-electron chi connectivity index (χ2n) is 6.14. The van der Waals surface area contributed by atoms with Crippen LogP contribution in [0.15, 0.2) is 48.5 Å². The summed E-state index contributed by atoms with van der Waals surface area (Å²) in [5, 5.41) is 6.07. The Balaban J connectivity index is 1.38. The van der Waals surface area contributed by atoms with Crippen LogP contribution in [0.2, 0.25) is 5.02 Å². The van der Waals surface area contributed by atoms with Crippen LogP contribution < -0.4 is 15.5 Å². The number of carbonyl (C=O) groups is 1. The Bertz CT molecular complexity index is 750. The fourth-order valence-corrected chi connectivity index (χ4v) is 3.16. The highest BCUT2D eigenvalue weighted by molar-refractivity contribution is 6.33. The number of rotatable bonds is 5. The van der Waals surface area contributed by atoms with Gasteiger partial charge in [0.2, 0.25) is 0 Å². The number of nitrogens with one attached hydrogen (secondary N) is 2. The molecule has 0 spiro atoms. The van der Waals surface area contributed by atoms with Crippen molar-refractivity contribution in [1.82, 2.24) is 10.2 Å². The molecule has 3 rings (SSSR count). The quantitative estimate of drug-likeness (QED) is 0.840. The fraction of sp³-hybridized carbons (Fsp3) is 0.316. The minimum atomic E-state index is -0.275. The van der Waals surface area contributed by atoms with Crippen molar-refractivity contribution in [2.24, 2.45) is 0 Å². The summed E-state index contributed by atoms with van der Waals surface area (Å²) in [6, 6.07) is 13.7. The number of hydrogen-bond acceptors (Lipinski definition) is 3. The molecule has 2 N–H and O–H groups in total. The minimum Gasteiger partial charge on any atom is -0.367 e. The molecule has 1 aliphatic heterocycles. The summed E-state index contributed by atoms with van der Waals surface area (Å²) in [6.45, 7) is 4.50. The molecule has 0 bridgehead atoms. The molecule has 1 saturated heterocycles. The SMILES string of the molecule is O=C(NCCN1CCN(c2ccccc2F)CC1)Nc1ccccc1Cl. The van der Waals surface area contributed by atoms with Gasteiger partial charge >= 0.3 is 6.03 Å². The monoisotopic (exact) mass is 376 g/mol. The Hall–Kier alpha value is -2.31. The zero-order valence-electron chi connectivity index (χ0n) is 14.4. The number of amides is 2. The smallest absolute Gasteiger partial charge is 0.319 e. The van der Waals surface area contributed by atoms with Crippen molar-refractivity contribution in [2.45, 2.75) is 0 Å². The Labute approximate surface area is 157 Å². The molecule has 1 fully saturated rings. The second kappa shape index (κ2) is 8.87. The molecule has 0 atom stereocenters. The van der Waals surface area contributed by atoms with Crippen LogP contribution in [-0.2, 0) is 0 Å².